The molecular weight excluding hydrogens is 404 g/mol. The lowest BCUT2D eigenvalue weighted by Crippen LogP contribution is -2.09. The maximum Gasteiger partial charge on any atom is 0.223 e. The van der Waals surface area contributed by atoms with Gasteiger partial charge in [0.05, 0.1) is 35.7 Å². The standard InChI is InChI=1S/C18H20N10OS/c1-8-6-20-11(9(2)14(8)29-3)7-28-16-13-10(25-28)4-5-12(15-23-26-27-24-15)30-17(13)22-18(19)21-16/h6,12H,4-5,7H2,1-3H3,(H2,19,21,22)(H,23,24,26,27). The van der Waals surface area contributed by atoms with Crippen LogP contribution in [0.5, 0.6) is 5.75 Å². The molecule has 0 saturated heterocycles. The van der Waals surface area contributed by atoms with Gasteiger partial charge < -0.3 is 10.5 Å². The Labute approximate surface area is 175 Å². The average Bonchev–Trinajstić information content (AvgIpc) is 3.32. The van der Waals surface area contributed by atoms with Gasteiger partial charge in [-0.15, -0.1) is 5.10 Å². The number of nitrogens with two attached hydrogens (primary N) is 1. The van der Waals surface area contributed by atoms with Gasteiger partial charge in [-0.1, -0.05) is 11.8 Å². The number of tetrazole rings is 1. The van der Waals surface area contributed by atoms with Crippen molar-refractivity contribution in [2.24, 2.45) is 0 Å². The molecule has 154 valence electrons. The maximum absolute atomic E-state index is 6.05. The predicted molar refractivity (Wildman–Crippen MR) is 110 cm³/mol. The van der Waals surface area contributed by atoms with Crippen LogP contribution in [0.3, 0.4) is 0 Å². The van der Waals surface area contributed by atoms with E-state index < -0.39 is 0 Å². The van der Waals surface area contributed by atoms with Crippen LogP contribution in [-0.2, 0) is 13.0 Å². The minimum atomic E-state index is 0.0467. The number of hydrogen-bond donors (Lipinski definition) is 2. The van der Waals surface area contributed by atoms with Crippen LogP contribution in [0.2, 0.25) is 0 Å². The second-order valence-corrected chi connectivity index (χ2v) is 8.36. The summed E-state index contributed by atoms with van der Waals surface area (Å²) in [7, 11) is 1.67. The monoisotopic (exact) mass is 424 g/mol. The van der Waals surface area contributed by atoms with Gasteiger partial charge in [0, 0.05) is 17.3 Å². The first-order valence-electron chi connectivity index (χ1n) is 9.47. The van der Waals surface area contributed by atoms with E-state index in [9.17, 15) is 0 Å². The normalized spacial score (nSPS) is 16.0. The van der Waals surface area contributed by atoms with Gasteiger partial charge >= 0.3 is 0 Å². The van der Waals surface area contributed by atoms with Crippen LogP contribution in [0, 0.1) is 13.8 Å². The first-order valence-corrected chi connectivity index (χ1v) is 10.4. The summed E-state index contributed by atoms with van der Waals surface area (Å²) in [6.45, 7) is 4.45. The second kappa shape index (κ2) is 7.20. The molecule has 1 unspecified atom stereocenters. The van der Waals surface area contributed by atoms with Crippen molar-refractivity contribution in [1.82, 2.24) is 45.4 Å². The van der Waals surface area contributed by atoms with Crippen LogP contribution in [0.15, 0.2) is 11.2 Å². The summed E-state index contributed by atoms with van der Waals surface area (Å²) in [4.78, 5) is 13.6. The Morgan fingerprint density at radius 3 is 2.97 bits per heavy atom. The van der Waals surface area contributed by atoms with Crippen molar-refractivity contribution in [3.63, 3.8) is 0 Å². The molecule has 0 saturated carbocycles. The fourth-order valence-corrected chi connectivity index (χ4v) is 5.02. The van der Waals surface area contributed by atoms with E-state index in [0.29, 0.717) is 12.2 Å². The highest BCUT2D eigenvalue weighted by Crippen LogP contribution is 2.43. The first-order chi connectivity index (χ1) is 14.5. The zero-order valence-corrected chi connectivity index (χ0v) is 17.6. The summed E-state index contributed by atoms with van der Waals surface area (Å²) in [5.41, 5.74) is 10.6. The van der Waals surface area contributed by atoms with Gasteiger partial charge in [0.25, 0.3) is 0 Å². The molecule has 0 aromatic carbocycles. The topological polar surface area (TPSA) is 146 Å². The number of nitrogens with zero attached hydrogens (tertiary/aromatic N) is 8. The Morgan fingerprint density at radius 2 is 2.20 bits per heavy atom. The second-order valence-electron chi connectivity index (χ2n) is 7.17. The van der Waals surface area contributed by atoms with Gasteiger partial charge in [0.2, 0.25) is 5.95 Å². The quantitative estimate of drug-likeness (QED) is 0.465. The molecule has 5 heterocycles. The van der Waals surface area contributed by atoms with Crippen molar-refractivity contribution in [3.8, 4) is 5.75 Å². The molecule has 1 aliphatic heterocycles. The Kier molecular flexibility index (Phi) is 4.50. The van der Waals surface area contributed by atoms with Gasteiger partial charge in [-0.25, -0.2) is 14.8 Å². The lowest BCUT2D eigenvalue weighted by molar-refractivity contribution is 0.406. The third kappa shape index (κ3) is 3.03. The number of anilines is 1. The molecule has 0 fully saturated rings. The van der Waals surface area contributed by atoms with E-state index in [4.69, 9.17) is 15.6 Å². The summed E-state index contributed by atoms with van der Waals surface area (Å²) >= 11 is 1.58. The van der Waals surface area contributed by atoms with Crippen molar-refractivity contribution in [2.75, 3.05) is 12.8 Å². The molecule has 0 spiro atoms. The SMILES string of the molecule is COc1c(C)cnc(Cn2nc3c4c(nc(N)nc42)SC(c2nnn[nH]2)CC3)c1C. The highest BCUT2D eigenvalue weighted by atomic mass is 32.2. The van der Waals surface area contributed by atoms with Crippen molar-refractivity contribution in [1.29, 1.82) is 0 Å². The van der Waals surface area contributed by atoms with E-state index >= 15 is 0 Å². The highest BCUT2D eigenvalue weighted by Gasteiger charge is 2.28. The van der Waals surface area contributed by atoms with Gasteiger partial charge in [0.1, 0.15) is 10.8 Å². The van der Waals surface area contributed by atoms with E-state index in [1.165, 1.54) is 0 Å². The first kappa shape index (κ1) is 18.7. The van der Waals surface area contributed by atoms with Crippen LogP contribution in [0.1, 0.15) is 40.0 Å². The molecule has 0 aliphatic carbocycles. The number of aromatic amines is 1. The van der Waals surface area contributed by atoms with E-state index in [-0.39, 0.29) is 11.2 Å². The van der Waals surface area contributed by atoms with Gasteiger partial charge in [-0.05, 0) is 37.1 Å². The lowest BCUT2D eigenvalue weighted by atomic mass is 10.1. The smallest absolute Gasteiger partial charge is 0.223 e. The molecule has 4 aromatic heterocycles. The summed E-state index contributed by atoms with van der Waals surface area (Å²) in [5, 5.41) is 20.9. The van der Waals surface area contributed by atoms with Crippen molar-refractivity contribution >= 4 is 28.7 Å². The van der Waals surface area contributed by atoms with Crippen LogP contribution in [0.4, 0.5) is 5.95 Å². The molecule has 5 rings (SSSR count). The van der Waals surface area contributed by atoms with Crippen molar-refractivity contribution < 1.29 is 4.74 Å². The number of aromatic nitrogens is 9. The number of nitrogens with one attached hydrogen (secondary N) is 1. The van der Waals surface area contributed by atoms with Crippen LogP contribution >= 0.6 is 11.8 Å². The largest absolute Gasteiger partial charge is 0.496 e. The summed E-state index contributed by atoms with van der Waals surface area (Å²) < 4.78 is 7.40. The third-order valence-corrected chi connectivity index (χ3v) is 6.52. The Morgan fingerprint density at radius 1 is 1.33 bits per heavy atom. The molecule has 1 atom stereocenters. The number of thioether (sulfide) groups is 1. The zero-order chi connectivity index (χ0) is 20.8. The number of methoxy groups -OCH3 is 1. The molecule has 0 bridgehead atoms. The minimum Gasteiger partial charge on any atom is -0.496 e. The Hall–Kier alpha value is -3.28. The molecule has 4 aromatic rings. The minimum absolute atomic E-state index is 0.0467. The third-order valence-electron chi connectivity index (χ3n) is 5.26. The number of pyridine rings is 1. The van der Waals surface area contributed by atoms with E-state index in [0.717, 1.165) is 57.3 Å². The average molecular weight is 424 g/mol. The Balaban J connectivity index is 1.58. The fraction of sp³-hybridized carbons (Fsp3) is 0.389. The molecule has 0 radical (unpaired) electrons. The van der Waals surface area contributed by atoms with Crippen molar-refractivity contribution in [2.45, 2.75) is 43.5 Å². The molecule has 1 aliphatic rings. The summed E-state index contributed by atoms with van der Waals surface area (Å²) in [6, 6.07) is 0. The van der Waals surface area contributed by atoms with E-state index in [1.807, 2.05) is 24.7 Å². The molecule has 3 N–H and O–H groups in total. The number of hydrogen-bond acceptors (Lipinski definition) is 10. The molecular formula is C18H20N10OS. The summed E-state index contributed by atoms with van der Waals surface area (Å²) in [6.07, 6.45) is 3.39. The van der Waals surface area contributed by atoms with Gasteiger partial charge in [-0.2, -0.15) is 10.1 Å². The van der Waals surface area contributed by atoms with Crippen LogP contribution in [0.25, 0.3) is 11.0 Å². The van der Waals surface area contributed by atoms with E-state index in [1.54, 1.807) is 18.9 Å². The number of rotatable bonds is 4. The zero-order valence-electron chi connectivity index (χ0n) is 16.7. The Bertz CT molecular complexity index is 1240. The molecule has 12 heteroatoms. The number of ether oxygens (including phenoxy) is 1. The van der Waals surface area contributed by atoms with Gasteiger partial charge in [-0.3, -0.25) is 4.98 Å². The molecule has 30 heavy (non-hydrogen) atoms. The lowest BCUT2D eigenvalue weighted by Gasteiger charge is -2.13. The predicted octanol–water partition coefficient (Wildman–Crippen LogP) is 1.77. The number of aryl methyl sites for hydroxylation is 2. The molecule has 11 nitrogen and oxygen atoms in total. The fourth-order valence-electron chi connectivity index (χ4n) is 3.83. The maximum atomic E-state index is 6.05. The number of H-pyrrole nitrogens is 1. The molecule has 0 amide bonds. The van der Waals surface area contributed by atoms with Crippen molar-refractivity contribution in [3.05, 3.63) is 34.5 Å². The highest BCUT2D eigenvalue weighted by molar-refractivity contribution is 7.99. The van der Waals surface area contributed by atoms with Crippen LogP contribution < -0.4 is 10.5 Å². The van der Waals surface area contributed by atoms with E-state index in [2.05, 4.69) is 35.6 Å². The summed E-state index contributed by atoms with van der Waals surface area (Å²) in [5.74, 6) is 1.77. The van der Waals surface area contributed by atoms with Crippen LogP contribution in [-0.4, -0.2) is 52.5 Å². The number of nitrogen functional groups attached to an aromatic ring is 1. The van der Waals surface area contributed by atoms with Gasteiger partial charge in [0.15, 0.2) is 11.5 Å².